The van der Waals surface area contributed by atoms with Crippen molar-refractivity contribution in [2.75, 3.05) is 19.6 Å². The molecular weight excluding hydrogens is 411 g/mol. The fourth-order valence-electron chi connectivity index (χ4n) is 2.86. The summed E-state index contributed by atoms with van der Waals surface area (Å²) < 4.78 is 32.0. The van der Waals surface area contributed by atoms with Crippen molar-refractivity contribution in [1.29, 1.82) is 0 Å². The Balaban J connectivity index is 1.84. The number of nitrogens with one attached hydrogen (secondary N) is 1. The van der Waals surface area contributed by atoms with E-state index in [2.05, 4.69) is 5.32 Å². The van der Waals surface area contributed by atoms with Crippen molar-refractivity contribution >= 4 is 39.3 Å². The van der Waals surface area contributed by atoms with Crippen LogP contribution in [0.15, 0.2) is 18.2 Å². The molecule has 1 aliphatic heterocycles. The van der Waals surface area contributed by atoms with Crippen molar-refractivity contribution in [3.05, 3.63) is 33.8 Å². The molecule has 1 aliphatic rings. The number of ether oxygens (including phenoxy) is 1. The molecular formula is C18H26Cl2N2O4S. The van der Waals surface area contributed by atoms with Crippen molar-refractivity contribution < 1.29 is 17.9 Å². The first-order chi connectivity index (χ1) is 12.5. The average molecular weight is 437 g/mol. The van der Waals surface area contributed by atoms with Gasteiger partial charge in [-0.25, -0.2) is 17.5 Å². The minimum Gasteiger partial charge on any atom is -0.444 e. The van der Waals surface area contributed by atoms with Gasteiger partial charge in [0.05, 0.1) is 5.75 Å². The largest absolute Gasteiger partial charge is 0.444 e. The molecule has 152 valence electrons. The van der Waals surface area contributed by atoms with Crippen LogP contribution in [0.5, 0.6) is 0 Å². The van der Waals surface area contributed by atoms with E-state index in [4.69, 9.17) is 27.9 Å². The Hall–Kier alpha value is -1.02. The molecule has 0 aromatic heterocycles. The number of nitrogens with zero attached hydrogens (tertiary/aromatic N) is 1. The fourth-order valence-corrected chi connectivity index (χ4v) is 5.01. The summed E-state index contributed by atoms with van der Waals surface area (Å²) in [6.45, 7) is 6.75. The topological polar surface area (TPSA) is 75.7 Å². The number of hydrogen-bond donors (Lipinski definition) is 1. The molecule has 0 aliphatic carbocycles. The van der Waals surface area contributed by atoms with Gasteiger partial charge in [-0.3, -0.25) is 0 Å². The Morgan fingerprint density at radius 3 is 2.44 bits per heavy atom. The van der Waals surface area contributed by atoms with Gasteiger partial charge in [0, 0.05) is 29.7 Å². The van der Waals surface area contributed by atoms with Gasteiger partial charge >= 0.3 is 6.09 Å². The molecule has 0 radical (unpaired) electrons. The molecule has 0 atom stereocenters. The first-order valence-electron chi connectivity index (χ1n) is 8.85. The van der Waals surface area contributed by atoms with Crippen molar-refractivity contribution in [3.8, 4) is 0 Å². The van der Waals surface area contributed by atoms with E-state index in [9.17, 15) is 13.2 Å². The van der Waals surface area contributed by atoms with Crippen LogP contribution in [0, 0.1) is 5.92 Å². The van der Waals surface area contributed by atoms with E-state index in [1.165, 1.54) is 4.31 Å². The zero-order valence-corrected chi connectivity index (χ0v) is 18.1. The Kier molecular flexibility index (Phi) is 7.41. The highest BCUT2D eigenvalue weighted by Crippen LogP contribution is 2.26. The molecule has 1 heterocycles. The van der Waals surface area contributed by atoms with E-state index < -0.39 is 21.7 Å². The minimum atomic E-state index is -3.46. The smallest absolute Gasteiger partial charge is 0.407 e. The summed E-state index contributed by atoms with van der Waals surface area (Å²) >= 11 is 12.0. The van der Waals surface area contributed by atoms with Gasteiger partial charge in [0.15, 0.2) is 0 Å². The van der Waals surface area contributed by atoms with E-state index in [1.807, 2.05) is 20.8 Å². The van der Waals surface area contributed by atoms with Crippen LogP contribution in [0.3, 0.4) is 0 Å². The van der Waals surface area contributed by atoms with Crippen LogP contribution < -0.4 is 5.32 Å². The summed E-state index contributed by atoms with van der Waals surface area (Å²) in [5, 5.41) is 3.58. The maximum atomic E-state index is 12.7. The molecule has 1 amide bonds. The molecule has 1 saturated heterocycles. The second kappa shape index (κ2) is 8.99. The Morgan fingerprint density at radius 2 is 1.89 bits per heavy atom. The van der Waals surface area contributed by atoms with Gasteiger partial charge in [-0.1, -0.05) is 29.3 Å². The Bertz CT molecular complexity index is 770. The van der Waals surface area contributed by atoms with Gasteiger partial charge < -0.3 is 10.1 Å². The molecule has 1 aromatic rings. The van der Waals surface area contributed by atoms with Crippen LogP contribution in [0.25, 0.3) is 0 Å². The summed E-state index contributed by atoms with van der Waals surface area (Å²) in [5.41, 5.74) is -0.000401. The summed E-state index contributed by atoms with van der Waals surface area (Å²) in [5.74, 6) is 0.0761. The van der Waals surface area contributed by atoms with Crippen LogP contribution >= 0.6 is 23.2 Å². The summed E-state index contributed by atoms with van der Waals surface area (Å²) in [6.07, 6.45) is 0.919. The molecule has 0 saturated carbocycles. The fraction of sp³-hybridized carbons (Fsp3) is 0.611. The van der Waals surface area contributed by atoms with Crippen molar-refractivity contribution in [1.82, 2.24) is 9.62 Å². The Morgan fingerprint density at radius 1 is 1.26 bits per heavy atom. The van der Waals surface area contributed by atoms with Gasteiger partial charge in [-0.2, -0.15) is 0 Å². The van der Waals surface area contributed by atoms with Crippen molar-refractivity contribution in [2.24, 2.45) is 5.92 Å². The number of sulfonamides is 1. The highest BCUT2D eigenvalue weighted by atomic mass is 35.5. The number of rotatable bonds is 5. The highest BCUT2D eigenvalue weighted by molar-refractivity contribution is 7.88. The molecule has 2 rings (SSSR count). The lowest BCUT2D eigenvalue weighted by Crippen LogP contribution is -2.42. The first-order valence-corrected chi connectivity index (χ1v) is 11.2. The maximum Gasteiger partial charge on any atom is 0.407 e. The number of carbonyl (C=O) groups is 1. The number of piperidine rings is 1. The van der Waals surface area contributed by atoms with Crippen molar-refractivity contribution in [2.45, 2.75) is 45.0 Å². The molecule has 9 heteroatoms. The van der Waals surface area contributed by atoms with E-state index in [0.29, 0.717) is 48.1 Å². The van der Waals surface area contributed by atoms with Gasteiger partial charge in [0.25, 0.3) is 0 Å². The normalized spacial score (nSPS) is 16.9. The van der Waals surface area contributed by atoms with Gasteiger partial charge in [-0.15, -0.1) is 0 Å². The van der Waals surface area contributed by atoms with Gasteiger partial charge in [0.1, 0.15) is 5.60 Å². The molecule has 0 unspecified atom stereocenters. The molecule has 0 spiro atoms. The lowest BCUT2D eigenvalue weighted by Gasteiger charge is -2.31. The van der Waals surface area contributed by atoms with E-state index >= 15 is 0 Å². The number of hydrogen-bond acceptors (Lipinski definition) is 4. The van der Waals surface area contributed by atoms with E-state index in [1.54, 1.807) is 18.2 Å². The SMILES string of the molecule is CC(C)(C)OC(=O)NCC1CCN(S(=O)(=O)Cc2ccc(Cl)cc2Cl)CC1. The summed E-state index contributed by atoms with van der Waals surface area (Å²) in [4.78, 5) is 11.7. The van der Waals surface area contributed by atoms with E-state index in [0.717, 1.165) is 0 Å². The molecule has 1 aromatic carbocycles. The van der Waals surface area contributed by atoms with Crippen LogP contribution in [-0.4, -0.2) is 44.1 Å². The summed E-state index contributed by atoms with van der Waals surface area (Å²) in [6, 6.07) is 4.81. The number of halogens is 2. The van der Waals surface area contributed by atoms with Gasteiger partial charge in [-0.05, 0) is 57.2 Å². The van der Waals surface area contributed by atoms with Crippen LogP contribution in [0.1, 0.15) is 39.2 Å². The Labute approximate surface area is 171 Å². The number of alkyl carbamates (subject to hydrolysis) is 1. The molecule has 0 bridgehead atoms. The van der Waals surface area contributed by atoms with Crippen molar-refractivity contribution in [3.63, 3.8) is 0 Å². The third-order valence-corrected chi connectivity index (χ3v) is 6.67. The first kappa shape index (κ1) is 22.3. The van der Waals surface area contributed by atoms with Crippen LogP contribution in [0.4, 0.5) is 4.79 Å². The van der Waals surface area contributed by atoms with Crippen LogP contribution in [-0.2, 0) is 20.5 Å². The van der Waals surface area contributed by atoms with Crippen LogP contribution in [0.2, 0.25) is 10.0 Å². The number of amides is 1. The zero-order chi connectivity index (χ0) is 20.2. The third kappa shape index (κ3) is 7.14. The lowest BCUT2D eigenvalue weighted by molar-refractivity contribution is 0.0513. The predicted molar refractivity (Wildman–Crippen MR) is 108 cm³/mol. The standard InChI is InChI=1S/C18H26Cl2N2O4S/c1-18(2,3)26-17(23)21-11-13-6-8-22(9-7-13)27(24,25)12-14-4-5-15(19)10-16(14)20/h4-5,10,13H,6-9,11-12H2,1-3H3,(H,21,23). The average Bonchev–Trinajstić information content (AvgIpc) is 2.54. The third-order valence-electron chi connectivity index (χ3n) is 4.25. The quantitative estimate of drug-likeness (QED) is 0.754. The minimum absolute atomic E-state index is 0.149. The molecule has 6 nitrogen and oxygen atoms in total. The maximum absolute atomic E-state index is 12.7. The monoisotopic (exact) mass is 436 g/mol. The molecule has 1 fully saturated rings. The number of benzene rings is 1. The lowest BCUT2D eigenvalue weighted by atomic mass is 9.98. The second-order valence-electron chi connectivity index (χ2n) is 7.72. The van der Waals surface area contributed by atoms with Gasteiger partial charge in [0.2, 0.25) is 10.0 Å². The summed E-state index contributed by atoms with van der Waals surface area (Å²) in [7, 11) is -3.46. The second-order valence-corrected chi connectivity index (χ2v) is 10.5. The highest BCUT2D eigenvalue weighted by Gasteiger charge is 2.29. The zero-order valence-electron chi connectivity index (χ0n) is 15.8. The predicted octanol–water partition coefficient (Wildman–Crippen LogP) is 4.06. The molecule has 27 heavy (non-hydrogen) atoms. The molecule has 1 N–H and O–H groups in total. The number of carbonyl (C=O) groups excluding carboxylic acids is 1. The van der Waals surface area contributed by atoms with E-state index in [-0.39, 0.29) is 11.7 Å².